The smallest absolute Gasteiger partial charge is 0.338 e. The predicted molar refractivity (Wildman–Crippen MR) is 93.7 cm³/mol. The molecule has 0 unspecified atom stereocenters. The van der Waals surface area contributed by atoms with Gasteiger partial charge in [0.2, 0.25) is 5.78 Å². The van der Waals surface area contributed by atoms with Gasteiger partial charge < -0.3 is 18.8 Å². The molecule has 0 saturated carbocycles. The lowest BCUT2D eigenvalue weighted by atomic mass is 10.1. The van der Waals surface area contributed by atoms with E-state index in [-0.39, 0.29) is 12.4 Å². The summed E-state index contributed by atoms with van der Waals surface area (Å²) in [6.07, 6.45) is 0. The number of aromatic nitrogens is 1. The molecule has 0 spiro atoms. The van der Waals surface area contributed by atoms with Crippen LogP contribution in [0.3, 0.4) is 0 Å². The van der Waals surface area contributed by atoms with E-state index < -0.39 is 5.97 Å². The van der Waals surface area contributed by atoms with Crippen LogP contribution in [0.1, 0.15) is 39.0 Å². The molecule has 0 aliphatic heterocycles. The maximum Gasteiger partial charge on any atom is 0.338 e. The Morgan fingerprint density at radius 2 is 1.84 bits per heavy atom. The largest absolute Gasteiger partial charge is 0.493 e. The van der Waals surface area contributed by atoms with Gasteiger partial charge in [-0.25, -0.2) is 4.79 Å². The number of ketones is 1. The quantitative estimate of drug-likeness (QED) is 0.570. The highest BCUT2D eigenvalue weighted by atomic mass is 16.5. The number of benzene rings is 1. The molecule has 0 fully saturated rings. The summed E-state index contributed by atoms with van der Waals surface area (Å²) < 4.78 is 17.7. The first-order valence-corrected chi connectivity index (χ1v) is 8.03. The number of hydrogen-bond donors (Lipinski definition) is 0. The fourth-order valence-corrected chi connectivity index (χ4v) is 2.50. The summed E-state index contributed by atoms with van der Waals surface area (Å²) in [6.45, 7) is 5.82. The molecule has 0 bridgehead atoms. The van der Waals surface area contributed by atoms with Crippen molar-refractivity contribution in [2.45, 2.75) is 20.8 Å². The van der Waals surface area contributed by atoms with Gasteiger partial charge in [0.25, 0.3) is 0 Å². The SMILES string of the molecule is CCOc1ccc(C(=O)OCC(=O)c2cc(C)n(C)c2C)cc1OC. The lowest BCUT2D eigenvalue weighted by Crippen LogP contribution is -2.15. The molecule has 1 aromatic carbocycles. The van der Waals surface area contributed by atoms with Crippen LogP contribution in [0, 0.1) is 13.8 Å². The van der Waals surface area contributed by atoms with E-state index in [1.165, 1.54) is 13.2 Å². The van der Waals surface area contributed by atoms with E-state index in [0.29, 0.717) is 29.2 Å². The maximum atomic E-state index is 12.3. The zero-order chi connectivity index (χ0) is 18.6. The molecule has 0 radical (unpaired) electrons. The van der Waals surface area contributed by atoms with Crippen molar-refractivity contribution in [2.75, 3.05) is 20.3 Å². The third kappa shape index (κ3) is 4.02. The summed E-state index contributed by atoms with van der Waals surface area (Å²) in [7, 11) is 3.39. The molecule has 2 rings (SSSR count). The summed E-state index contributed by atoms with van der Waals surface area (Å²) >= 11 is 0. The van der Waals surface area contributed by atoms with Crippen LogP contribution in [-0.2, 0) is 11.8 Å². The van der Waals surface area contributed by atoms with Crippen LogP contribution in [0.4, 0.5) is 0 Å². The van der Waals surface area contributed by atoms with Crippen LogP contribution in [0.15, 0.2) is 24.3 Å². The molecular weight excluding hydrogens is 322 g/mol. The molecule has 1 aromatic heterocycles. The van der Waals surface area contributed by atoms with Crippen LogP contribution >= 0.6 is 0 Å². The Morgan fingerprint density at radius 1 is 1.12 bits per heavy atom. The van der Waals surface area contributed by atoms with Crippen molar-refractivity contribution in [3.8, 4) is 11.5 Å². The average Bonchev–Trinajstić information content (AvgIpc) is 2.87. The van der Waals surface area contributed by atoms with Crippen molar-refractivity contribution < 1.29 is 23.8 Å². The van der Waals surface area contributed by atoms with Gasteiger partial charge in [0.15, 0.2) is 18.1 Å². The van der Waals surface area contributed by atoms with Crippen molar-refractivity contribution in [3.63, 3.8) is 0 Å². The van der Waals surface area contributed by atoms with Crippen molar-refractivity contribution in [2.24, 2.45) is 7.05 Å². The molecule has 0 N–H and O–H groups in total. The Bertz CT molecular complexity index is 791. The molecule has 0 saturated heterocycles. The van der Waals surface area contributed by atoms with E-state index >= 15 is 0 Å². The van der Waals surface area contributed by atoms with Gasteiger partial charge in [-0.05, 0) is 45.0 Å². The number of ether oxygens (including phenoxy) is 3. The minimum Gasteiger partial charge on any atom is -0.493 e. The standard InChI is InChI=1S/C19H23NO5/c1-6-24-17-8-7-14(10-18(17)23-5)19(22)25-11-16(21)15-9-12(2)20(4)13(15)3/h7-10H,6,11H2,1-5H3. The molecule has 6 nitrogen and oxygen atoms in total. The van der Waals surface area contributed by atoms with Gasteiger partial charge in [-0.2, -0.15) is 0 Å². The average molecular weight is 345 g/mol. The van der Waals surface area contributed by atoms with E-state index in [1.807, 2.05) is 32.4 Å². The molecule has 134 valence electrons. The number of esters is 1. The summed E-state index contributed by atoms with van der Waals surface area (Å²) in [5, 5.41) is 0. The normalized spacial score (nSPS) is 10.4. The first kappa shape index (κ1) is 18.6. The Morgan fingerprint density at radius 3 is 2.40 bits per heavy atom. The predicted octanol–water partition coefficient (Wildman–Crippen LogP) is 3.09. The Labute approximate surface area is 147 Å². The minimum absolute atomic E-state index is 0.229. The maximum absolute atomic E-state index is 12.3. The monoisotopic (exact) mass is 345 g/mol. The van der Waals surface area contributed by atoms with Crippen molar-refractivity contribution >= 4 is 11.8 Å². The fraction of sp³-hybridized carbons (Fsp3) is 0.368. The van der Waals surface area contributed by atoms with Crippen LogP contribution in [0.5, 0.6) is 11.5 Å². The first-order valence-electron chi connectivity index (χ1n) is 8.03. The van der Waals surface area contributed by atoms with Gasteiger partial charge >= 0.3 is 5.97 Å². The minimum atomic E-state index is -0.583. The van der Waals surface area contributed by atoms with E-state index in [0.717, 1.165) is 11.4 Å². The lowest BCUT2D eigenvalue weighted by Gasteiger charge is -2.10. The second-order valence-electron chi connectivity index (χ2n) is 5.64. The Hall–Kier alpha value is -2.76. The summed E-state index contributed by atoms with van der Waals surface area (Å²) in [4.78, 5) is 24.5. The Kier molecular flexibility index (Phi) is 5.85. The molecule has 0 aliphatic rings. The van der Waals surface area contributed by atoms with Crippen molar-refractivity contribution in [1.29, 1.82) is 0 Å². The molecular formula is C19H23NO5. The topological polar surface area (TPSA) is 66.8 Å². The fourth-order valence-electron chi connectivity index (χ4n) is 2.50. The van der Waals surface area contributed by atoms with E-state index in [4.69, 9.17) is 14.2 Å². The van der Waals surface area contributed by atoms with Crippen LogP contribution in [0.2, 0.25) is 0 Å². The number of carbonyl (C=O) groups is 2. The number of carbonyl (C=O) groups excluding carboxylic acids is 2. The summed E-state index contributed by atoms with van der Waals surface area (Å²) in [5.41, 5.74) is 2.69. The molecule has 25 heavy (non-hydrogen) atoms. The van der Waals surface area contributed by atoms with Gasteiger partial charge in [-0.1, -0.05) is 0 Å². The molecule has 0 atom stereocenters. The van der Waals surface area contributed by atoms with Gasteiger partial charge in [0.05, 0.1) is 19.3 Å². The number of Topliss-reactive ketones (excluding diaryl/α,β-unsaturated/α-hetero) is 1. The molecule has 1 heterocycles. The van der Waals surface area contributed by atoms with Gasteiger partial charge in [0.1, 0.15) is 0 Å². The molecule has 6 heteroatoms. The second kappa shape index (κ2) is 7.88. The number of rotatable bonds is 7. The van der Waals surface area contributed by atoms with Gasteiger partial charge in [-0.3, -0.25) is 4.79 Å². The number of hydrogen-bond acceptors (Lipinski definition) is 5. The molecule has 0 amide bonds. The number of aryl methyl sites for hydroxylation is 1. The number of nitrogens with zero attached hydrogens (tertiary/aromatic N) is 1. The van der Waals surface area contributed by atoms with Crippen LogP contribution in [0.25, 0.3) is 0 Å². The highest BCUT2D eigenvalue weighted by Gasteiger charge is 2.17. The highest BCUT2D eigenvalue weighted by molar-refractivity contribution is 6.00. The van der Waals surface area contributed by atoms with Gasteiger partial charge in [0, 0.05) is 24.0 Å². The van der Waals surface area contributed by atoms with E-state index in [1.54, 1.807) is 18.2 Å². The Balaban J connectivity index is 2.07. The molecule has 0 aliphatic carbocycles. The summed E-state index contributed by atoms with van der Waals surface area (Å²) in [6, 6.07) is 6.56. The highest BCUT2D eigenvalue weighted by Crippen LogP contribution is 2.28. The second-order valence-corrected chi connectivity index (χ2v) is 5.64. The third-order valence-electron chi connectivity index (χ3n) is 4.11. The zero-order valence-corrected chi connectivity index (χ0v) is 15.2. The van der Waals surface area contributed by atoms with Gasteiger partial charge in [-0.15, -0.1) is 0 Å². The summed E-state index contributed by atoms with van der Waals surface area (Å²) in [5.74, 6) is 0.178. The molecule has 2 aromatic rings. The van der Waals surface area contributed by atoms with Crippen molar-refractivity contribution in [3.05, 3.63) is 46.8 Å². The van der Waals surface area contributed by atoms with E-state index in [9.17, 15) is 9.59 Å². The van der Waals surface area contributed by atoms with E-state index in [2.05, 4.69) is 0 Å². The first-order chi connectivity index (χ1) is 11.9. The lowest BCUT2D eigenvalue weighted by molar-refractivity contribution is 0.0474. The number of methoxy groups -OCH3 is 1. The van der Waals surface area contributed by atoms with Crippen molar-refractivity contribution in [1.82, 2.24) is 4.57 Å². The van der Waals surface area contributed by atoms with Crippen LogP contribution in [-0.4, -0.2) is 36.6 Å². The third-order valence-corrected chi connectivity index (χ3v) is 4.11. The zero-order valence-electron chi connectivity index (χ0n) is 15.2. The van der Waals surface area contributed by atoms with Crippen LogP contribution < -0.4 is 9.47 Å².